The highest BCUT2D eigenvalue weighted by Gasteiger charge is 2.21. The van der Waals surface area contributed by atoms with E-state index in [1.54, 1.807) is 6.20 Å². The molecule has 0 aromatic carbocycles. The van der Waals surface area contributed by atoms with E-state index in [-0.39, 0.29) is 0 Å². The van der Waals surface area contributed by atoms with E-state index in [2.05, 4.69) is 9.88 Å². The maximum atomic E-state index is 9.13. The molecular weight excluding hydrogens is 216 g/mol. The Morgan fingerprint density at radius 1 is 1.47 bits per heavy atom. The van der Waals surface area contributed by atoms with Crippen molar-refractivity contribution >= 4 is 5.82 Å². The quantitative estimate of drug-likeness (QED) is 0.864. The van der Waals surface area contributed by atoms with E-state index in [4.69, 9.17) is 9.84 Å². The Kier molecular flexibility index (Phi) is 4.20. The molecule has 1 aromatic rings. The number of pyridine rings is 1. The Labute approximate surface area is 102 Å². The highest BCUT2D eigenvalue weighted by molar-refractivity contribution is 5.52. The van der Waals surface area contributed by atoms with Gasteiger partial charge in [0.15, 0.2) is 11.6 Å². The van der Waals surface area contributed by atoms with Crippen LogP contribution in [0.15, 0.2) is 18.3 Å². The molecule has 2 rings (SSSR count). The van der Waals surface area contributed by atoms with Crippen LogP contribution >= 0.6 is 0 Å². The van der Waals surface area contributed by atoms with Crippen molar-refractivity contribution in [2.24, 2.45) is 5.92 Å². The first kappa shape index (κ1) is 12.2. The highest BCUT2D eigenvalue weighted by Crippen LogP contribution is 2.29. The summed E-state index contributed by atoms with van der Waals surface area (Å²) in [6, 6.07) is 3.86. The fraction of sp³-hybridized carbons (Fsp3) is 0.615. The van der Waals surface area contributed by atoms with E-state index in [1.807, 2.05) is 19.1 Å². The van der Waals surface area contributed by atoms with Gasteiger partial charge in [-0.05, 0) is 37.8 Å². The van der Waals surface area contributed by atoms with Crippen LogP contribution in [-0.2, 0) is 0 Å². The molecule has 0 unspecified atom stereocenters. The summed E-state index contributed by atoms with van der Waals surface area (Å²) >= 11 is 0. The first-order valence-electron chi connectivity index (χ1n) is 6.28. The Morgan fingerprint density at radius 3 is 2.88 bits per heavy atom. The molecule has 0 aliphatic carbocycles. The number of aromatic nitrogens is 1. The number of aliphatic hydroxyl groups excluding tert-OH is 1. The molecule has 0 bridgehead atoms. The van der Waals surface area contributed by atoms with Gasteiger partial charge in [0.25, 0.3) is 0 Å². The minimum atomic E-state index is 0.300. The van der Waals surface area contributed by atoms with Crippen LogP contribution in [0, 0.1) is 5.92 Å². The summed E-state index contributed by atoms with van der Waals surface area (Å²) in [5, 5.41) is 9.13. The van der Waals surface area contributed by atoms with E-state index in [0.29, 0.717) is 19.1 Å². The van der Waals surface area contributed by atoms with Crippen molar-refractivity contribution in [3.63, 3.8) is 0 Å². The Balaban J connectivity index is 2.07. The predicted molar refractivity (Wildman–Crippen MR) is 67.4 cm³/mol. The van der Waals surface area contributed by atoms with Crippen LogP contribution in [-0.4, -0.2) is 36.4 Å². The standard InChI is InChI=1S/C13H20N2O2/c1-2-17-12-4-3-7-14-13(12)15-8-5-11(10-16)6-9-15/h3-4,7,11,16H,2,5-6,8-10H2,1H3. The fourth-order valence-electron chi connectivity index (χ4n) is 2.22. The van der Waals surface area contributed by atoms with Crippen LogP contribution in [0.25, 0.3) is 0 Å². The van der Waals surface area contributed by atoms with Crippen molar-refractivity contribution in [2.45, 2.75) is 19.8 Å². The third kappa shape index (κ3) is 2.88. The molecule has 4 nitrogen and oxygen atoms in total. The number of hydrogen-bond donors (Lipinski definition) is 1. The van der Waals surface area contributed by atoms with Crippen LogP contribution in [0.4, 0.5) is 5.82 Å². The first-order chi connectivity index (χ1) is 8.35. The topological polar surface area (TPSA) is 45.6 Å². The van der Waals surface area contributed by atoms with Crippen LogP contribution in [0.5, 0.6) is 5.75 Å². The highest BCUT2D eigenvalue weighted by atomic mass is 16.5. The molecule has 0 amide bonds. The van der Waals surface area contributed by atoms with E-state index >= 15 is 0 Å². The molecule has 0 saturated carbocycles. The summed E-state index contributed by atoms with van der Waals surface area (Å²) in [5.74, 6) is 2.24. The average molecular weight is 236 g/mol. The lowest BCUT2D eigenvalue weighted by molar-refractivity contribution is 0.202. The van der Waals surface area contributed by atoms with Crippen LogP contribution in [0.2, 0.25) is 0 Å². The molecule has 1 aliphatic heterocycles. The van der Waals surface area contributed by atoms with Gasteiger partial charge in [-0.2, -0.15) is 0 Å². The Bertz CT molecular complexity index is 349. The summed E-state index contributed by atoms with van der Waals surface area (Å²) in [6.45, 7) is 4.83. The second-order valence-corrected chi connectivity index (χ2v) is 4.37. The van der Waals surface area contributed by atoms with Gasteiger partial charge in [-0.1, -0.05) is 0 Å². The molecule has 4 heteroatoms. The maximum Gasteiger partial charge on any atom is 0.171 e. The van der Waals surface area contributed by atoms with Crippen molar-refractivity contribution in [1.29, 1.82) is 0 Å². The molecular formula is C13H20N2O2. The van der Waals surface area contributed by atoms with Crippen molar-refractivity contribution in [3.05, 3.63) is 18.3 Å². The van der Waals surface area contributed by atoms with Crippen LogP contribution in [0.1, 0.15) is 19.8 Å². The molecule has 1 aliphatic rings. The third-order valence-electron chi connectivity index (χ3n) is 3.22. The lowest BCUT2D eigenvalue weighted by Gasteiger charge is -2.32. The summed E-state index contributed by atoms with van der Waals surface area (Å²) in [4.78, 5) is 6.66. The molecule has 0 atom stereocenters. The van der Waals surface area contributed by atoms with E-state index in [0.717, 1.165) is 37.5 Å². The molecule has 1 fully saturated rings. The molecule has 94 valence electrons. The lowest BCUT2D eigenvalue weighted by Crippen LogP contribution is -2.35. The lowest BCUT2D eigenvalue weighted by atomic mass is 9.98. The largest absolute Gasteiger partial charge is 0.490 e. The van der Waals surface area contributed by atoms with Gasteiger partial charge in [-0.3, -0.25) is 0 Å². The third-order valence-corrected chi connectivity index (χ3v) is 3.22. The number of hydrogen-bond acceptors (Lipinski definition) is 4. The zero-order valence-corrected chi connectivity index (χ0v) is 10.3. The smallest absolute Gasteiger partial charge is 0.171 e. The molecule has 2 heterocycles. The molecule has 1 saturated heterocycles. The molecule has 0 radical (unpaired) electrons. The monoisotopic (exact) mass is 236 g/mol. The zero-order chi connectivity index (χ0) is 12.1. The number of anilines is 1. The average Bonchev–Trinajstić information content (AvgIpc) is 2.40. The van der Waals surface area contributed by atoms with Gasteiger partial charge in [-0.25, -0.2) is 4.98 Å². The van der Waals surface area contributed by atoms with Crippen molar-refractivity contribution < 1.29 is 9.84 Å². The van der Waals surface area contributed by atoms with Crippen LogP contribution < -0.4 is 9.64 Å². The number of rotatable bonds is 4. The Hall–Kier alpha value is -1.29. The molecule has 17 heavy (non-hydrogen) atoms. The van der Waals surface area contributed by atoms with Gasteiger partial charge in [-0.15, -0.1) is 0 Å². The van der Waals surface area contributed by atoms with Crippen molar-refractivity contribution in [2.75, 3.05) is 31.2 Å². The first-order valence-corrected chi connectivity index (χ1v) is 6.28. The SMILES string of the molecule is CCOc1cccnc1N1CCC(CO)CC1. The summed E-state index contributed by atoms with van der Waals surface area (Å²) in [6.07, 6.45) is 3.85. The maximum absolute atomic E-state index is 9.13. The van der Waals surface area contributed by atoms with E-state index < -0.39 is 0 Å². The van der Waals surface area contributed by atoms with Gasteiger partial charge < -0.3 is 14.7 Å². The number of aliphatic hydroxyl groups is 1. The predicted octanol–water partition coefficient (Wildman–Crippen LogP) is 1.69. The van der Waals surface area contributed by atoms with Gasteiger partial charge in [0.05, 0.1) is 6.61 Å². The summed E-state index contributed by atoms with van der Waals surface area (Å²) in [7, 11) is 0. The molecule has 1 aromatic heterocycles. The minimum absolute atomic E-state index is 0.300. The number of nitrogens with zero attached hydrogens (tertiary/aromatic N) is 2. The van der Waals surface area contributed by atoms with Gasteiger partial charge in [0.1, 0.15) is 0 Å². The van der Waals surface area contributed by atoms with E-state index in [9.17, 15) is 0 Å². The van der Waals surface area contributed by atoms with Gasteiger partial charge >= 0.3 is 0 Å². The Morgan fingerprint density at radius 2 is 2.24 bits per heavy atom. The van der Waals surface area contributed by atoms with Crippen molar-refractivity contribution in [3.8, 4) is 5.75 Å². The normalized spacial score (nSPS) is 17.2. The summed E-state index contributed by atoms with van der Waals surface area (Å²) in [5.41, 5.74) is 0. The second kappa shape index (κ2) is 5.87. The van der Waals surface area contributed by atoms with Gasteiger partial charge in [0.2, 0.25) is 0 Å². The minimum Gasteiger partial charge on any atom is -0.490 e. The second-order valence-electron chi connectivity index (χ2n) is 4.37. The number of ether oxygens (including phenoxy) is 1. The number of piperidine rings is 1. The van der Waals surface area contributed by atoms with E-state index in [1.165, 1.54) is 0 Å². The summed E-state index contributed by atoms with van der Waals surface area (Å²) < 4.78 is 5.59. The van der Waals surface area contributed by atoms with Crippen LogP contribution in [0.3, 0.4) is 0 Å². The fourth-order valence-corrected chi connectivity index (χ4v) is 2.22. The van der Waals surface area contributed by atoms with Gasteiger partial charge in [0, 0.05) is 25.9 Å². The molecule has 0 spiro atoms. The molecule has 1 N–H and O–H groups in total. The zero-order valence-electron chi connectivity index (χ0n) is 10.3. The van der Waals surface area contributed by atoms with Crippen molar-refractivity contribution in [1.82, 2.24) is 4.98 Å².